The highest BCUT2D eigenvalue weighted by Crippen LogP contribution is 2.28. The molecule has 0 saturated heterocycles. The Bertz CT molecular complexity index is 1010. The third kappa shape index (κ3) is 4.60. The highest BCUT2D eigenvalue weighted by Gasteiger charge is 2.16. The van der Waals surface area contributed by atoms with Gasteiger partial charge >= 0.3 is 0 Å². The van der Waals surface area contributed by atoms with E-state index in [1.807, 2.05) is 25.1 Å². The van der Waals surface area contributed by atoms with E-state index in [2.05, 4.69) is 68.3 Å². The van der Waals surface area contributed by atoms with Gasteiger partial charge < -0.3 is 10.3 Å². The van der Waals surface area contributed by atoms with Crippen LogP contribution in [-0.4, -0.2) is 4.98 Å². The summed E-state index contributed by atoms with van der Waals surface area (Å²) >= 11 is 0. The van der Waals surface area contributed by atoms with Crippen LogP contribution in [0.3, 0.4) is 0 Å². The zero-order chi connectivity index (χ0) is 20.3. The van der Waals surface area contributed by atoms with Crippen molar-refractivity contribution in [3.63, 3.8) is 0 Å². The molecule has 0 aliphatic rings. The van der Waals surface area contributed by atoms with Crippen molar-refractivity contribution in [1.82, 2.24) is 10.3 Å². The lowest BCUT2D eigenvalue weighted by Gasteiger charge is -2.21. The Balaban J connectivity index is 1.81. The maximum atomic E-state index is 12.8. The molecule has 3 nitrogen and oxygen atoms in total. The summed E-state index contributed by atoms with van der Waals surface area (Å²) in [7, 11) is 0. The predicted molar refractivity (Wildman–Crippen MR) is 118 cm³/mol. The van der Waals surface area contributed by atoms with E-state index >= 15 is 0 Å². The lowest BCUT2D eigenvalue weighted by molar-refractivity contribution is 0.590. The molecule has 0 aliphatic heterocycles. The van der Waals surface area contributed by atoms with Gasteiger partial charge in [-0.3, -0.25) is 4.79 Å². The van der Waals surface area contributed by atoms with Crippen LogP contribution in [0.15, 0.2) is 59.4 Å². The Morgan fingerprint density at radius 3 is 2.25 bits per heavy atom. The number of aryl methyl sites for hydroxylation is 2. The van der Waals surface area contributed by atoms with Crippen LogP contribution in [0, 0.1) is 13.8 Å². The van der Waals surface area contributed by atoms with Crippen LogP contribution >= 0.6 is 0 Å². The summed E-state index contributed by atoms with van der Waals surface area (Å²) in [6.45, 7) is 12.0. The molecule has 0 fully saturated rings. The maximum absolute atomic E-state index is 12.8. The molecule has 1 heterocycles. The van der Waals surface area contributed by atoms with Gasteiger partial charge in [-0.1, -0.05) is 69.3 Å². The first-order valence-corrected chi connectivity index (χ1v) is 9.84. The molecular formula is C25H30N2O. The molecule has 1 aromatic heterocycles. The molecule has 2 N–H and O–H groups in total. The first kappa shape index (κ1) is 20.1. The minimum atomic E-state index is 0.0751. The summed E-state index contributed by atoms with van der Waals surface area (Å²) in [5.41, 5.74) is 7.55. The number of benzene rings is 2. The third-order valence-corrected chi connectivity index (χ3v) is 5.20. The van der Waals surface area contributed by atoms with Gasteiger partial charge in [0.1, 0.15) is 0 Å². The molecular weight excluding hydrogens is 344 g/mol. The number of hydrogen-bond donors (Lipinski definition) is 2. The number of H-pyrrole nitrogens is 1. The van der Waals surface area contributed by atoms with Gasteiger partial charge in [0.15, 0.2) is 5.43 Å². The second-order valence-corrected chi connectivity index (χ2v) is 8.52. The van der Waals surface area contributed by atoms with E-state index in [0.29, 0.717) is 6.54 Å². The molecule has 2 aromatic carbocycles. The predicted octanol–water partition coefficient (Wildman–Crippen LogP) is 5.25. The fourth-order valence-electron chi connectivity index (χ4n) is 3.44. The van der Waals surface area contributed by atoms with Crippen LogP contribution < -0.4 is 10.7 Å². The monoisotopic (exact) mass is 374 g/mol. The largest absolute Gasteiger partial charge is 0.358 e. The quantitative estimate of drug-likeness (QED) is 0.641. The Labute approximate surface area is 167 Å². The lowest BCUT2D eigenvalue weighted by Crippen LogP contribution is -2.21. The van der Waals surface area contributed by atoms with Crippen LogP contribution in [0.1, 0.15) is 48.7 Å². The van der Waals surface area contributed by atoms with Crippen LogP contribution in [0.25, 0.3) is 11.3 Å². The van der Waals surface area contributed by atoms with Crippen LogP contribution in [0.2, 0.25) is 0 Å². The van der Waals surface area contributed by atoms with Gasteiger partial charge in [0.05, 0.1) is 0 Å². The topological polar surface area (TPSA) is 44.9 Å². The Kier molecular flexibility index (Phi) is 5.85. The molecule has 0 spiro atoms. The average molecular weight is 375 g/mol. The molecule has 28 heavy (non-hydrogen) atoms. The van der Waals surface area contributed by atoms with Crippen molar-refractivity contribution in [2.75, 3.05) is 0 Å². The van der Waals surface area contributed by atoms with E-state index in [-0.39, 0.29) is 10.8 Å². The number of rotatable bonds is 5. The molecule has 0 bridgehead atoms. The van der Waals surface area contributed by atoms with Crippen molar-refractivity contribution in [2.45, 2.75) is 53.1 Å². The summed E-state index contributed by atoms with van der Waals surface area (Å²) in [4.78, 5) is 16.2. The third-order valence-electron chi connectivity index (χ3n) is 5.20. The first-order valence-electron chi connectivity index (χ1n) is 9.84. The molecule has 0 aliphatic carbocycles. The Morgan fingerprint density at radius 2 is 1.64 bits per heavy atom. The summed E-state index contributed by atoms with van der Waals surface area (Å²) < 4.78 is 0. The van der Waals surface area contributed by atoms with Crippen molar-refractivity contribution in [2.24, 2.45) is 0 Å². The summed E-state index contributed by atoms with van der Waals surface area (Å²) in [5.74, 6) is 0. The van der Waals surface area contributed by atoms with Gasteiger partial charge in [0.2, 0.25) is 0 Å². The SMILES string of the molecule is Cc1cc(C(C)(C)C)ccc1-c1cc(=O)c(CNCc2ccccc2)c(C)[nH]1. The summed E-state index contributed by atoms with van der Waals surface area (Å²) in [6, 6.07) is 18.4. The Hall–Kier alpha value is -2.65. The fourth-order valence-corrected chi connectivity index (χ4v) is 3.44. The second-order valence-electron chi connectivity index (χ2n) is 8.52. The molecule has 0 saturated carbocycles. The van der Waals surface area contributed by atoms with Gasteiger partial charge in [0.25, 0.3) is 0 Å². The molecule has 0 unspecified atom stereocenters. The molecule has 3 aromatic rings. The van der Waals surface area contributed by atoms with Gasteiger partial charge in [-0.25, -0.2) is 0 Å². The zero-order valence-electron chi connectivity index (χ0n) is 17.5. The fraction of sp³-hybridized carbons (Fsp3) is 0.320. The Morgan fingerprint density at radius 1 is 0.929 bits per heavy atom. The van der Waals surface area contributed by atoms with E-state index < -0.39 is 0 Å². The van der Waals surface area contributed by atoms with E-state index in [9.17, 15) is 4.79 Å². The molecule has 3 rings (SSSR count). The van der Waals surface area contributed by atoms with Gasteiger partial charge in [-0.2, -0.15) is 0 Å². The van der Waals surface area contributed by atoms with Crippen molar-refractivity contribution in [1.29, 1.82) is 0 Å². The van der Waals surface area contributed by atoms with Crippen molar-refractivity contribution < 1.29 is 0 Å². The number of nitrogens with one attached hydrogen (secondary N) is 2. The van der Waals surface area contributed by atoms with Gasteiger partial charge in [-0.15, -0.1) is 0 Å². The average Bonchev–Trinajstić information content (AvgIpc) is 2.64. The van der Waals surface area contributed by atoms with Crippen LogP contribution in [0.4, 0.5) is 0 Å². The summed E-state index contributed by atoms with van der Waals surface area (Å²) in [5, 5.41) is 3.37. The number of hydrogen-bond acceptors (Lipinski definition) is 2. The normalized spacial score (nSPS) is 11.6. The van der Waals surface area contributed by atoms with E-state index in [1.54, 1.807) is 6.07 Å². The highest BCUT2D eigenvalue weighted by molar-refractivity contribution is 5.64. The van der Waals surface area contributed by atoms with Crippen LogP contribution in [-0.2, 0) is 18.5 Å². The number of pyridine rings is 1. The zero-order valence-corrected chi connectivity index (χ0v) is 17.5. The van der Waals surface area contributed by atoms with Gasteiger partial charge in [-0.05, 0) is 36.0 Å². The standard InChI is InChI=1S/C25H30N2O/c1-17-13-20(25(3,4)5)11-12-21(17)23-14-24(28)22(18(2)27-23)16-26-15-19-9-7-6-8-10-19/h6-14,26H,15-16H2,1-5H3,(H,27,28). The maximum Gasteiger partial charge on any atom is 0.186 e. The van der Waals surface area contributed by atoms with E-state index in [4.69, 9.17) is 0 Å². The molecule has 0 radical (unpaired) electrons. The smallest absolute Gasteiger partial charge is 0.186 e. The lowest BCUT2D eigenvalue weighted by atomic mass is 9.85. The minimum absolute atomic E-state index is 0.0751. The van der Waals surface area contributed by atoms with Gasteiger partial charge in [0, 0.05) is 41.7 Å². The molecule has 3 heteroatoms. The summed E-state index contributed by atoms with van der Waals surface area (Å²) in [6.07, 6.45) is 0. The molecule has 146 valence electrons. The van der Waals surface area contributed by atoms with E-state index in [0.717, 1.165) is 29.1 Å². The number of aromatic amines is 1. The molecule has 0 atom stereocenters. The first-order chi connectivity index (χ1) is 13.3. The highest BCUT2D eigenvalue weighted by atomic mass is 16.1. The van der Waals surface area contributed by atoms with E-state index in [1.165, 1.54) is 16.7 Å². The number of aromatic nitrogens is 1. The minimum Gasteiger partial charge on any atom is -0.358 e. The van der Waals surface area contributed by atoms with Crippen LogP contribution in [0.5, 0.6) is 0 Å². The second kappa shape index (κ2) is 8.15. The van der Waals surface area contributed by atoms with Crippen molar-refractivity contribution in [3.8, 4) is 11.3 Å². The van der Waals surface area contributed by atoms with Crippen molar-refractivity contribution in [3.05, 3.63) is 92.8 Å². The van der Waals surface area contributed by atoms with Crippen molar-refractivity contribution >= 4 is 0 Å². The molecule has 0 amide bonds.